The predicted octanol–water partition coefficient (Wildman–Crippen LogP) is 5.08. The topological polar surface area (TPSA) is 84.7 Å². The fraction of sp³-hybridized carbons (Fsp3) is 0.174. The lowest BCUT2D eigenvalue weighted by molar-refractivity contribution is 0.0526. The molecule has 8 heteroatoms. The Bertz CT molecular complexity index is 1140. The van der Waals surface area contributed by atoms with Crippen LogP contribution in [0.4, 0.5) is 10.5 Å². The van der Waals surface area contributed by atoms with Crippen LogP contribution < -0.4 is 10.7 Å². The molecule has 3 rings (SSSR count). The third-order valence-corrected chi connectivity index (χ3v) is 4.91. The molecular formula is C23H23ClN4O3. The number of anilines is 1. The van der Waals surface area contributed by atoms with Gasteiger partial charge in [-0.3, -0.25) is 0 Å². The van der Waals surface area contributed by atoms with E-state index in [2.05, 4.69) is 15.8 Å². The number of halogens is 1. The largest absolute Gasteiger partial charge is 0.462 e. The number of urea groups is 1. The molecular weight excluding hydrogens is 416 g/mol. The molecule has 2 N–H and O–H groups in total. The second-order valence-electron chi connectivity index (χ2n) is 6.74. The first-order chi connectivity index (χ1) is 14.9. The van der Waals surface area contributed by atoms with E-state index >= 15 is 0 Å². The number of hydrogen-bond donors (Lipinski definition) is 2. The highest BCUT2D eigenvalue weighted by Crippen LogP contribution is 2.22. The summed E-state index contributed by atoms with van der Waals surface area (Å²) in [7, 11) is 0. The first-order valence-corrected chi connectivity index (χ1v) is 10.1. The molecule has 0 unspecified atom stereocenters. The Morgan fingerprint density at radius 1 is 1.13 bits per heavy atom. The Kier molecular flexibility index (Phi) is 7.10. The fourth-order valence-corrected chi connectivity index (χ4v) is 3.36. The van der Waals surface area contributed by atoms with Crippen molar-refractivity contribution in [1.29, 1.82) is 0 Å². The highest BCUT2D eigenvalue weighted by atomic mass is 35.5. The highest BCUT2D eigenvalue weighted by Gasteiger charge is 2.13. The van der Waals surface area contributed by atoms with Crippen molar-refractivity contribution < 1.29 is 14.3 Å². The molecule has 0 saturated heterocycles. The Balaban J connectivity index is 1.74. The van der Waals surface area contributed by atoms with Crippen LogP contribution in [0.3, 0.4) is 0 Å². The van der Waals surface area contributed by atoms with Gasteiger partial charge in [0.05, 0.1) is 29.1 Å². The van der Waals surface area contributed by atoms with Crippen LogP contribution in [-0.2, 0) is 4.74 Å². The first kappa shape index (κ1) is 22.1. The molecule has 0 radical (unpaired) electrons. The standard InChI is InChI=1S/C23H23ClN4O3/c1-4-31-22(29)17-8-7-9-19(13-17)28-15(2)12-18(16(28)3)14-25-27-23(30)26-21-11-6-5-10-20(21)24/h5-14H,4H2,1-3H3,(H2,26,27,30)/b25-14+. The van der Waals surface area contributed by atoms with Crippen LogP contribution in [0.5, 0.6) is 0 Å². The number of nitrogens with zero attached hydrogens (tertiary/aromatic N) is 2. The monoisotopic (exact) mass is 438 g/mol. The van der Waals surface area contributed by atoms with Gasteiger partial charge >= 0.3 is 12.0 Å². The Morgan fingerprint density at radius 2 is 1.90 bits per heavy atom. The highest BCUT2D eigenvalue weighted by molar-refractivity contribution is 6.33. The number of hydrazone groups is 1. The van der Waals surface area contributed by atoms with Crippen molar-refractivity contribution in [2.75, 3.05) is 11.9 Å². The molecule has 0 aliphatic carbocycles. The third kappa shape index (κ3) is 5.32. The molecule has 0 bridgehead atoms. The van der Waals surface area contributed by atoms with Crippen LogP contribution in [0.25, 0.3) is 5.69 Å². The Morgan fingerprint density at radius 3 is 2.65 bits per heavy atom. The number of hydrogen-bond acceptors (Lipinski definition) is 4. The molecule has 0 aliphatic heterocycles. The summed E-state index contributed by atoms with van der Waals surface area (Å²) < 4.78 is 7.09. The quantitative estimate of drug-likeness (QED) is 0.319. The van der Waals surface area contributed by atoms with Crippen molar-refractivity contribution in [3.63, 3.8) is 0 Å². The van der Waals surface area contributed by atoms with E-state index in [1.807, 2.05) is 36.6 Å². The van der Waals surface area contributed by atoms with Gasteiger partial charge in [0, 0.05) is 22.6 Å². The lowest BCUT2D eigenvalue weighted by atomic mass is 10.2. The number of ether oxygens (including phenoxy) is 1. The molecule has 3 aromatic rings. The maximum absolute atomic E-state index is 12.1. The summed E-state index contributed by atoms with van der Waals surface area (Å²) in [5.74, 6) is -0.359. The van der Waals surface area contributed by atoms with Crippen LogP contribution >= 0.6 is 11.6 Å². The van der Waals surface area contributed by atoms with Crippen LogP contribution in [0, 0.1) is 13.8 Å². The minimum absolute atomic E-state index is 0.322. The average molecular weight is 439 g/mol. The molecule has 0 fully saturated rings. The molecule has 7 nitrogen and oxygen atoms in total. The van der Waals surface area contributed by atoms with E-state index in [0.717, 1.165) is 22.6 Å². The fourth-order valence-electron chi connectivity index (χ4n) is 3.18. The van der Waals surface area contributed by atoms with Crippen molar-refractivity contribution in [2.45, 2.75) is 20.8 Å². The van der Waals surface area contributed by atoms with Gasteiger partial charge in [0.2, 0.25) is 0 Å². The maximum Gasteiger partial charge on any atom is 0.339 e. The molecule has 2 aromatic carbocycles. The van der Waals surface area contributed by atoms with Gasteiger partial charge in [-0.1, -0.05) is 29.8 Å². The molecule has 160 valence electrons. The Hall–Kier alpha value is -3.58. The van der Waals surface area contributed by atoms with Crippen molar-refractivity contribution in [3.8, 4) is 5.69 Å². The van der Waals surface area contributed by atoms with Gasteiger partial charge in [0.15, 0.2) is 0 Å². The van der Waals surface area contributed by atoms with Crippen LogP contribution in [0.1, 0.15) is 34.2 Å². The second kappa shape index (κ2) is 9.95. The maximum atomic E-state index is 12.1. The molecule has 0 atom stereocenters. The number of carbonyl (C=O) groups excluding carboxylic acids is 2. The zero-order valence-electron chi connectivity index (χ0n) is 17.5. The van der Waals surface area contributed by atoms with E-state index in [1.165, 1.54) is 0 Å². The number of esters is 1. The van der Waals surface area contributed by atoms with Gasteiger partial charge in [-0.05, 0) is 57.2 Å². The summed E-state index contributed by atoms with van der Waals surface area (Å²) in [5.41, 5.74) is 6.95. The van der Waals surface area contributed by atoms with E-state index in [9.17, 15) is 9.59 Å². The van der Waals surface area contributed by atoms with Gasteiger partial charge in [-0.2, -0.15) is 5.10 Å². The van der Waals surface area contributed by atoms with Gasteiger partial charge in [0.25, 0.3) is 0 Å². The van der Waals surface area contributed by atoms with Crippen LogP contribution in [-0.4, -0.2) is 29.4 Å². The molecule has 31 heavy (non-hydrogen) atoms. The van der Waals surface area contributed by atoms with Crippen LogP contribution in [0.15, 0.2) is 59.7 Å². The summed E-state index contributed by atoms with van der Waals surface area (Å²) in [4.78, 5) is 24.1. The lowest BCUT2D eigenvalue weighted by Gasteiger charge is -2.11. The molecule has 0 spiro atoms. The lowest BCUT2D eigenvalue weighted by Crippen LogP contribution is -2.24. The van der Waals surface area contributed by atoms with E-state index in [-0.39, 0.29) is 5.97 Å². The number of rotatable bonds is 6. The van der Waals surface area contributed by atoms with Crippen molar-refractivity contribution >= 4 is 35.5 Å². The molecule has 0 aliphatic rings. The third-order valence-electron chi connectivity index (χ3n) is 4.58. The summed E-state index contributed by atoms with van der Waals surface area (Å²) >= 11 is 6.03. The number of carbonyl (C=O) groups is 2. The summed E-state index contributed by atoms with van der Waals surface area (Å²) in [6.45, 7) is 5.99. The average Bonchev–Trinajstić information content (AvgIpc) is 3.03. The van der Waals surface area contributed by atoms with E-state index in [0.29, 0.717) is 22.9 Å². The van der Waals surface area contributed by atoms with E-state index in [1.54, 1.807) is 49.5 Å². The zero-order chi connectivity index (χ0) is 22.4. The summed E-state index contributed by atoms with van der Waals surface area (Å²) in [6, 6.07) is 15.6. The zero-order valence-corrected chi connectivity index (χ0v) is 18.2. The van der Waals surface area contributed by atoms with Crippen LogP contribution in [0.2, 0.25) is 5.02 Å². The van der Waals surface area contributed by atoms with Gasteiger partial charge < -0.3 is 14.6 Å². The summed E-state index contributed by atoms with van der Waals surface area (Å²) in [6.07, 6.45) is 1.57. The van der Waals surface area contributed by atoms with Gasteiger partial charge in [-0.25, -0.2) is 15.0 Å². The predicted molar refractivity (Wildman–Crippen MR) is 122 cm³/mol. The molecule has 2 amide bonds. The van der Waals surface area contributed by atoms with E-state index < -0.39 is 6.03 Å². The molecule has 1 aromatic heterocycles. The smallest absolute Gasteiger partial charge is 0.339 e. The van der Waals surface area contributed by atoms with Crippen molar-refractivity contribution in [3.05, 3.63) is 82.1 Å². The number of para-hydroxylation sites is 1. The minimum Gasteiger partial charge on any atom is -0.462 e. The molecule has 0 saturated carbocycles. The second-order valence-corrected chi connectivity index (χ2v) is 7.14. The number of benzene rings is 2. The number of aryl methyl sites for hydroxylation is 1. The van der Waals surface area contributed by atoms with Gasteiger partial charge in [-0.15, -0.1) is 0 Å². The minimum atomic E-state index is -0.500. The van der Waals surface area contributed by atoms with Gasteiger partial charge in [0.1, 0.15) is 0 Å². The SMILES string of the molecule is CCOC(=O)c1cccc(-n2c(C)cc(/C=N/NC(=O)Nc3ccccc3Cl)c2C)c1. The molecule has 1 heterocycles. The number of nitrogens with one attached hydrogen (secondary N) is 2. The van der Waals surface area contributed by atoms with E-state index in [4.69, 9.17) is 16.3 Å². The first-order valence-electron chi connectivity index (χ1n) is 9.71. The number of aromatic nitrogens is 1. The normalized spacial score (nSPS) is 10.8. The summed E-state index contributed by atoms with van der Waals surface area (Å²) in [5, 5.41) is 7.10. The van der Waals surface area contributed by atoms with Crippen molar-refractivity contribution in [1.82, 2.24) is 9.99 Å². The Labute approximate surface area is 185 Å². The van der Waals surface area contributed by atoms with Crippen molar-refractivity contribution in [2.24, 2.45) is 5.10 Å². The number of amides is 2.